The molecular formula is C15H15N3S. The highest BCUT2D eigenvalue weighted by Crippen LogP contribution is 2.35. The second-order valence-electron chi connectivity index (χ2n) is 4.74. The van der Waals surface area contributed by atoms with E-state index in [2.05, 4.69) is 15.3 Å². The molecule has 0 N–H and O–H groups in total. The van der Waals surface area contributed by atoms with Gasteiger partial charge in [-0.1, -0.05) is 30.3 Å². The van der Waals surface area contributed by atoms with Gasteiger partial charge in [-0.3, -0.25) is 0 Å². The Balaban J connectivity index is 2.00. The summed E-state index contributed by atoms with van der Waals surface area (Å²) in [6, 6.07) is 12.4. The molecule has 0 amide bonds. The number of benzene rings is 1. The molecule has 19 heavy (non-hydrogen) atoms. The van der Waals surface area contributed by atoms with Crippen molar-refractivity contribution in [2.24, 2.45) is 0 Å². The SMILES string of the molecule is N#Cc1c(N2CCCCC2)nsc1-c1ccccc1. The van der Waals surface area contributed by atoms with Crippen LogP contribution < -0.4 is 4.90 Å². The average molecular weight is 269 g/mol. The van der Waals surface area contributed by atoms with Crippen molar-refractivity contribution in [1.82, 2.24) is 4.37 Å². The van der Waals surface area contributed by atoms with Gasteiger partial charge in [-0.2, -0.15) is 9.64 Å². The minimum atomic E-state index is 0.734. The van der Waals surface area contributed by atoms with Crippen molar-refractivity contribution >= 4 is 17.4 Å². The van der Waals surface area contributed by atoms with Gasteiger partial charge in [0, 0.05) is 13.1 Å². The van der Waals surface area contributed by atoms with E-state index in [0.29, 0.717) is 0 Å². The van der Waals surface area contributed by atoms with E-state index in [-0.39, 0.29) is 0 Å². The van der Waals surface area contributed by atoms with Crippen molar-refractivity contribution in [2.75, 3.05) is 18.0 Å². The number of aromatic nitrogens is 1. The number of rotatable bonds is 2. The smallest absolute Gasteiger partial charge is 0.160 e. The van der Waals surface area contributed by atoms with Gasteiger partial charge in [-0.05, 0) is 36.4 Å². The van der Waals surface area contributed by atoms with Crippen molar-refractivity contribution in [3.05, 3.63) is 35.9 Å². The van der Waals surface area contributed by atoms with Gasteiger partial charge in [0.1, 0.15) is 11.6 Å². The van der Waals surface area contributed by atoms with Crippen LogP contribution in [0.2, 0.25) is 0 Å². The fraction of sp³-hybridized carbons (Fsp3) is 0.333. The summed E-state index contributed by atoms with van der Waals surface area (Å²) in [4.78, 5) is 3.24. The minimum Gasteiger partial charge on any atom is -0.355 e. The van der Waals surface area contributed by atoms with E-state index in [0.717, 1.165) is 34.9 Å². The molecule has 1 aromatic carbocycles. The van der Waals surface area contributed by atoms with Crippen LogP contribution in [0.5, 0.6) is 0 Å². The maximum atomic E-state index is 9.47. The molecule has 0 unspecified atom stereocenters. The highest BCUT2D eigenvalue weighted by molar-refractivity contribution is 7.10. The Bertz CT molecular complexity index is 592. The first-order valence-electron chi connectivity index (χ1n) is 6.60. The molecule has 0 spiro atoms. The molecule has 0 saturated carbocycles. The van der Waals surface area contributed by atoms with E-state index in [9.17, 15) is 5.26 Å². The van der Waals surface area contributed by atoms with E-state index < -0.39 is 0 Å². The summed E-state index contributed by atoms with van der Waals surface area (Å²) in [5.74, 6) is 0.881. The molecule has 1 saturated heterocycles. The van der Waals surface area contributed by atoms with Gasteiger partial charge in [-0.15, -0.1) is 0 Å². The first-order chi connectivity index (χ1) is 9.40. The maximum Gasteiger partial charge on any atom is 0.160 e. The topological polar surface area (TPSA) is 39.9 Å². The van der Waals surface area contributed by atoms with Crippen LogP contribution in [0.1, 0.15) is 24.8 Å². The van der Waals surface area contributed by atoms with E-state index in [4.69, 9.17) is 0 Å². The third-order valence-electron chi connectivity index (χ3n) is 3.48. The molecule has 0 radical (unpaired) electrons. The first-order valence-corrected chi connectivity index (χ1v) is 7.37. The summed E-state index contributed by atoms with van der Waals surface area (Å²) in [5.41, 5.74) is 1.82. The number of anilines is 1. The molecule has 1 aliphatic rings. The number of piperidine rings is 1. The van der Waals surface area contributed by atoms with Gasteiger partial charge in [0.25, 0.3) is 0 Å². The van der Waals surface area contributed by atoms with Gasteiger partial charge in [0.15, 0.2) is 5.82 Å². The third kappa shape index (κ3) is 2.34. The monoisotopic (exact) mass is 269 g/mol. The van der Waals surface area contributed by atoms with E-state index in [1.54, 1.807) is 0 Å². The Morgan fingerprint density at radius 2 is 1.84 bits per heavy atom. The Hall–Kier alpha value is -1.86. The highest BCUT2D eigenvalue weighted by Gasteiger charge is 2.21. The van der Waals surface area contributed by atoms with Gasteiger partial charge in [0.2, 0.25) is 0 Å². The molecule has 0 atom stereocenters. The quantitative estimate of drug-likeness (QED) is 0.835. The van der Waals surface area contributed by atoms with Crippen LogP contribution in [0.4, 0.5) is 5.82 Å². The molecular weight excluding hydrogens is 254 g/mol. The van der Waals surface area contributed by atoms with Crippen LogP contribution in [0.15, 0.2) is 30.3 Å². The van der Waals surface area contributed by atoms with Gasteiger partial charge in [0.05, 0.1) is 4.88 Å². The molecule has 3 rings (SSSR count). The van der Waals surface area contributed by atoms with Crippen molar-refractivity contribution in [3.8, 4) is 16.5 Å². The summed E-state index contributed by atoms with van der Waals surface area (Å²) < 4.78 is 4.53. The number of hydrogen-bond acceptors (Lipinski definition) is 4. The Morgan fingerprint density at radius 3 is 2.53 bits per heavy atom. The van der Waals surface area contributed by atoms with E-state index >= 15 is 0 Å². The maximum absolute atomic E-state index is 9.47. The van der Waals surface area contributed by atoms with Crippen molar-refractivity contribution in [2.45, 2.75) is 19.3 Å². The second kappa shape index (κ2) is 5.41. The Kier molecular flexibility index (Phi) is 3.47. The molecule has 0 bridgehead atoms. The van der Waals surface area contributed by atoms with Crippen LogP contribution >= 0.6 is 11.5 Å². The van der Waals surface area contributed by atoms with E-state index in [1.165, 1.54) is 30.8 Å². The molecule has 1 aliphatic heterocycles. The van der Waals surface area contributed by atoms with E-state index in [1.807, 2.05) is 30.3 Å². The summed E-state index contributed by atoms with van der Waals surface area (Å²) >= 11 is 1.43. The lowest BCUT2D eigenvalue weighted by molar-refractivity contribution is 0.574. The van der Waals surface area contributed by atoms with Crippen molar-refractivity contribution in [3.63, 3.8) is 0 Å². The normalized spacial score (nSPS) is 15.2. The second-order valence-corrected chi connectivity index (χ2v) is 5.51. The molecule has 2 heterocycles. The predicted octanol–water partition coefficient (Wildman–Crippen LogP) is 3.67. The van der Waals surface area contributed by atoms with Crippen LogP contribution in [0.25, 0.3) is 10.4 Å². The molecule has 0 aliphatic carbocycles. The summed E-state index contributed by atoms with van der Waals surface area (Å²) in [6.45, 7) is 2.04. The van der Waals surface area contributed by atoms with Gasteiger partial charge >= 0.3 is 0 Å². The van der Waals surface area contributed by atoms with Crippen molar-refractivity contribution in [1.29, 1.82) is 5.26 Å². The molecule has 1 fully saturated rings. The summed E-state index contributed by atoms with van der Waals surface area (Å²) in [5, 5.41) is 9.47. The fourth-order valence-corrected chi connectivity index (χ4v) is 3.34. The Morgan fingerprint density at radius 1 is 1.11 bits per heavy atom. The number of hydrogen-bond donors (Lipinski definition) is 0. The lowest BCUT2D eigenvalue weighted by atomic mass is 10.1. The van der Waals surface area contributed by atoms with Crippen LogP contribution in [-0.4, -0.2) is 17.5 Å². The summed E-state index contributed by atoms with van der Waals surface area (Å²) in [6.07, 6.45) is 3.68. The highest BCUT2D eigenvalue weighted by atomic mass is 32.1. The minimum absolute atomic E-state index is 0.734. The zero-order valence-corrected chi connectivity index (χ0v) is 11.5. The molecule has 96 valence electrons. The van der Waals surface area contributed by atoms with Crippen LogP contribution in [-0.2, 0) is 0 Å². The summed E-state index contributed by atoms with van der Waals surface area (Å²) in [7, 11) is 0. The zero-order chi connectivity index (χ0) is 13.1. The number of nitriles is 1. The predicted molar refractivity (Wildman–Crippen MR) is 78.3 cm³/mol. The largest absolute Gasteiger partial charge is 0.355 e. The first kappa shape index (κ1) is 12.2. The van der Waals surface area contributed by atoms with Crippen LogP contribution in [0, 0.1) is 11.3 Å². The lowest BCUT2D eigenvalue weighted by Gasteiger charge is -2.26. The molecule has 3 nitrogen and oxygen atoms in total. The Labute approximate surface area is 117 Å². The molecule has 2 aromatic rings. The standard InChI is InChI=1S/C15H15N3S/c16-11-13-14(12-7-3-1-4-8-12)19-17-15(13)18-9-5-2-6-10-18/h1,3-4,7-8H,2,5-6,9-10H2. The lowest BCUT2D eigenvalue weighted by Crippen LogP contribution is -2.30. The third-order valence-corrected chi connectivity index (χ3v) is 4.36. The van der Waals surface area contributed by atoms with Gasteiger partial charge < -0.3 is 4.90 Å². The average Bonchev–Trinajstić information content (AvgIpc) is 2.93. The van der Waals surface area contributed by atoms with Crippen LogP contribution in [0.3, 0.4) is 0 Å². The van der Waals surface area contributed by atoms with Crippen molar-refractivity contribution < 1.29 is 0 Å². The number of nitrogens with zero attached hydrogens (tertiary/aromatic N) is 3. The zero-order valence-electron chi connectivity index (χ0n) is 10.7. The molecule has 4 heteroatoms. The fourth-order valence-electron chi connectivity index (χ4n) is 2.49. The molecule has 1 aromatic heterocycles. The van der Waals surface area contributed by atoms with Gasteiger partial charge in [-0.25, -0.2) is 0 Å².